The van der Waals surface area contributed by atoms with E-state index in [0.29, 0.717) is 5.69 Å². The van der Waals surface area contributed by atoms with Crippen LogP contribution in [-0.2, 0) is 20.2 Å². The number of nitrogens with one attached hydrogen (secondary N) is 1. The Bertz CT molecular complexity index is 1010. The molecule has 0 bridgehead atoms. The van der Waals surface area contributed by atoms with Gasteiger partial charge in [-0.15, -0.1) is 0 Å². The van der Waals surface area contributed by atoms with E-state index in [1.807, 2.05) is 39.0 Å². The van der Waals surface area contributed by atoms with Crippen LogP contribution < -0.4 is 9.62 Å². The number of aryl methyl sites for hydroxylation is 2. The molecule has 0 aliphatic heterocycles. The van der Waals surface area contributed by atoms with Crippen LogP contribution >= 0.6 is 0 Å². The molecule has 0 aliphatic carbocycles. The van der Waals surface area contributed by atoms with Gasteiger partial charge in [0, 0.05) is 0 Å². The van der Waals surface area contributed by atoms with Gasteiger partial charge in [0.05, 0.1) is 18.0 Å². The number of hydrogen-bond acceptors (Lipinski definition) is 3. The molecule has 0 unspecified atom stereocenters. The first kappa shape index (κ1) is 23.9. The normalized spacial score (nSPS) is 14.1. The molecule has 2 aromatic rings. The fraction of sp³-hybridized carbons (Fsp3) is 0.458. The lowest BCUT2D eigenvalue weighted by atomic mass is 9.86. The molecule has 0 fully saturated rings. The van der Waals surface area contributed by atoms with Gasteiger partial charge in [0.25, 0.3) is 0 Å². The lowest BCUT2D eigenvalue weighted by Crippen LogP contribution is -2.48. The number of carbonyl (C=O) groups is 1. The zero-order valence-corrected chi connectivity index (χ0v) is 20.1. The van der Waals surface area contributed by atoms with Gasteiger partial charge in [0.15, 0.2) is 0 Å². The molecule has 1 amide bonds. The van der Waals surface area contributed by atoms with Crippen molar-refractivity contribution >= 4 is 21.6 Å². The molecule has 6 heteroatoms. The molecule has 30 heavy (non-hydrogen) atoms. The van der Waals surface area contributed by atoms with Gasteiger partial charge in [-0.3, -0.25) is 9.10 Å². The SMILES string of the molecule is Cc1ccc(N([C@@H](C)C(=O)N[C@H](C)c2ccc(C(C)(C)C)cc2)S(C)(=O)=O)cc1C. The molecular weight excluding hydrogens is 396 g/mol. The van der Waals surface area contributed by atoms with Gasteiger partial charge in [0.1, 0.15) is 6.04 Å². The van der Waals surface area contributed by atoms with Gasteiger partial charge < -0.3 is 5.32 Å². The number of benzene rings is 2. The molecular formula is C24H34N2O3S. The van der Waals surface area contributed by atoms with Crippen molar-refractivity contribution in [3.8, 4) is 0 Å². The van der Waals surface area contributed by atoms with E-state index in [9.17, 15) is 13.2 Å². The zero-order chi connectivity index (χ0) is 22.9. The fourth-order valence-electron chi connectivity index (χ4n) is 3.36. The Morgan fingerprint density at radius 2 is 1.53 bits per heavy atom. The Hall–Kier alpha value is -2.34. The summed E-state index contributed by atoms with van der Waals surface area (Å²) in [5.74, 6) is -0.342. The Kier molecular flexibility index (Phi) is 7.02. The minimum Gasteiger partial charge on any atom is -0.348 e. The van der Waals surface area contributed by atoms with Crippen molar-refractivity contribution < 1.29 is 13.2 Å². The van der Waals surface area contributed by atoms with E-state index in [1.54, 1.807) is 19.1 Å². The summed E-state index contributed by atoms with van der Waals surface area (Å²) in [6.45, 7) is 13.9. The van der Waals surface area contributed by atoms with Gasteiger partial charge in [-0.05, 0) is 67.5 Å². The topological polar surface area (TPSA) is 66.5 Å². The predicted molar refractivity (Wildman–Crippen MR) is 124 cm³/mol. The number of sulfonamides is 1. The first-order valence-electron chi connectivity index (χ1n) is 10.2. The van der Waals surface area contributed by atoms with Gasteiger partial charge >= 0.3 is 0 Å². The van der Waals surface area contributed by atoms with Crippen LogP contribution in [0, 0.1) is 13.8 Å². The Morgan fingerprint density at radius 1 is 0.967 bits per heavy atom. The second-order valence-electron chi connectivity index (χ2n) is 9.11. The van der Waals surface area contributed by atoms with Gasteiger partial charge in [-0.25, -0.2) is 8.42 Å². The van der Waals surface area contributed by atoms with Crippen LogP contribution in [0.2, 0.25) is 0 Å². The number of amides is 1. The van der Waals surface area contributed by atoms with E-state index < -0.39 is 16.1 Å². The van der Waals surface area contributed by atoms with Crippen molar-refractivity contribution in [2.75, 3.05) is 10.6 Å². The highest BCUT2D eigenvalue weighted by Gasteiger charge is 2.30. The minimum atomic E-state index is -3.64. The van der Waals surface area contributed by atoms with Crippen molar-refractivity contribution in [1.82, 2.24) is 5.32 Å². The molecule has 2 aromatic carbocycles. The second kappa shape index (κ2) is 8.80. The average Bonchev–Trinajstić information content (AvgIpc) is 2.63. The first-order valence-corrected chi connectivity index (χ1v) is 12.0. The molecule has 0 saturated carbocycles. The van der Waals surface area contributed by atoms with Gasteiger partial charge in [0.2, 0.25) is 15.9 Å². The van der Waals surface area contributed by atoms with E-state index in [1.165, 1.54) is 9.87 Å². The van der Waals surface area contributed by atoms with Crippen molar-refractivity contribution in [2.45, 2.75) is 66.0 Å². The van der Waals surface area contributed by atoms with Crippen LogP contribution in [0.5, 0.6) is 0 Å². The van der Waals surface area contributed by atoms with E-state index in [-0.39, 0.29) is 17.4 Å². The molecule has 0 spiro atoms. The quantitative estimate of drug-likeness (QED) is 0.726. The highest BCUT2D eigenvalue weighted by molar-refractivity contribution is 7.92. The largest absolute Gasteiger partial charge is 0.348 e. The van der Waals surface area contributed by atoms with E-state index in [2.05, 4.69) is 38.2 Å². The number of carbonyl (C=O) groups excluding carboxylic acids is 1. The maximum absolute atomic E-state index is 12.9. The summed E-state index contributed by atoms with van der Waals surface area (Å²) in [6, 6.07) is 12.4. The minimum absolute atomic E-state index is 0.0572. The van der Waals surface area contributed by atoms with E-state index in [4.69, 9.17) is 0 Å². The van der Waals surface area contributed by atoms with Crippen LogP contribution in [0.25, 0.3) is 0 Å². The molecule has 1 N–H and O–H groups in total. The molecule has 0 saturated heterocycles. The number of rotatable bonds is 6. The molecule has 5 nitrogen and oxygen atoms in total. The highest BCUT2D eigenvalue weighted by Crippen LogP contribution is 2.26. The summed E-state index contributed by atoms with van der Waals surface area (Å²) in [7, 11) is -3.64. The first-order chi connectivity index (χ1) is 13.7. The van der Waals surface area contributed by atoms with Crippen LogP contribution in [0.1, 0.15) is 62.9 Å². The van der Waals surface area contributed by atoms with Crippen LogP contribution in [0.15, 0.2) is 42.5 Å². The standard InChI is InChI=1S/C24H34N2O3S/c1-16-9-14-22(15-17(16)2)26(30(8,28)29)19(4)23(27)25-18(3)20-10-12-21(13-11-20)24(5,6)7/h9-15,18-19H,1-8H3,(H,25,27)/t18-,19+/m1/s1. The molecule has 2 atom stereocenters. The third-order valence-corrected chi connectivity index (χ3v) is 6.71. The van der Waals surface area contributed by atoms with E-state index in [0.717, 1.165) is 22.9 Å². The van der Waals surface area contributed by atoms with Crippen LogP contribution in [0.3, 0.4) is 0 Å². The highest BCUT2D eigenvalue weighted by atomic mass is 32.2. The third kappa shape index (κ3) is 5.63. The molecule has 0 heterocycles. The van der Waals surface area contributed by atoms with Gasteiger partial charge in [-0.2, -0.15) is 0 Å². The van der Waals surface area contributed by atoms with Crippen molar-refractivity contribution in [3.63, 3.8) is 0 Å². The van der Waals surface area contributed by atoms with Crippen molar-refractivity contribution in [3.05, 3.63) is 64.7 Å². The van der Waals surface area contributed by atoms with Crippen LogP contribution in [-0.4, -0.2) is 26.6 Å². The Morgan fingerprint density at radius 3 is 2.00 bits per heavy atom. The molecule has 2 rings (SSSR count). The van der Waals surface area contributed by atoms with Crippen molar-refractivity contribution in [2.24, 2.45) is 0 Å². The summed E-state index contributed by atoms with van der Waals surface area (Å²) in [5.41, 5.74) is 4.78. The molecule has 0 aliphatic rings. The lowest BCUT2D eigenvalue weighted by Gasteiger charge is -2.30. The fourth-order valence-corrected chi connectivity index (χ4v) is 4.53. The maximum atomic E-state index is 12.9. The summed E-state index contributed by atoms with van der Waals surface area (Å²) in [5, 5.41) is 2.96. The summed E-state index contributed by atoms with van der Waals surface area (Å²) < 4.78 is 26.2. The Balaban J connectivity index is 2.23. The van der Waals surface area contributed by atoms with Crippen molar-refractivity contribution in [1.29, 1.82) is 0 Å². The molecule has 0 radical (unpaired) electrons. The summed E-state index contributed by atoms with van der Waals surface area (Å²) in [4.78, 5) is 12.9. The smallest absolute Gasteiger partial charge is 0.244 e. The number of anilines is 1. The second-order valence-corrected chi connectivity index (χ2v) is 11.0. The van der Waals surface area contributed by atoms with Gasteiger partial charge in [-0.1, -0.05) is 51.1 Å². The third-order valence-electron chi connectivity index (χ3n) is 5.47. The Labute approximate surface area is 181 Å². The number of hydrogen-bond donors (Lipinski definition) is 1. The van der Waals surface area contributed by atoms with E-state index >= 15 is 0 Å². The zero-order valence-electron chi connectivity index (χ0n) is 19.3. The molecule has 164 valence electrons. The van der Waals surface area contributed by atoms with Crippen LogP contribution in [0.4, 0.5) is 5.69 Å². The average molecular weight is 431 g/mol. The lowest BCUT2D eigenvalue weighted by molar-refractivity contribution is -0.122. The molecule has 0 aromatic heterocycles. The predicted octanol–water partition coefficient (Wildman–Crippen LogP) is 4.63. The monoisotopic (exact) mass is 430 g/mol. The summed E-state index contributed by atoms with van der Waals surface area (Å²) >= 11 is 0. The number of nitrogens with zero attached hydrogens (tertiary/aromatic N) is 1. The maximum Gasteiger partial charge on any atom is 0.244 e. The summed E-state index contributed by atoms with van der Waals surface area (Å²) in [6.07, 6.45) is 1.13.